The largest absolute Gasteiger partial charge is 0.493 e. The predicted octanol–water partition coefficient (Wildman–Crippen LogP) is 3.13. The Balaban J connectivity index is 1.53. The van der Waals surface area contributed by atoms with E-state index in [1.165, 1.54) is 30.5 Å². The van der Waals surface area contributed by atoms with Gasteiger partial charge in [0.2, 0.25) is 5.79 Å². The molecule has 0 N–H and O–H groups in total. The fourth-order valence-corrected chi connectivity index (χ4v) is 7.11. The summed E-state index contributed by atoms with van der Waals surface area (Å²) >= 11 is 0. The van der Waals surface area contributed by atoms with E-state index in [9.17, 15) is 0 Å². The molecule has 4 atom stereocenters. The second kappa shape index (κ2) is 5.87. The minimum atomic E-state index is -0.682. The van der Waals surface area contributed by atoms with Crippen molar-refractivity contribution in [2.45, 2.75) is 61.9 Å². The third kappa shape index (κ3) is 2.03. The van der Waals surface area contributed by atoms with Gasteiger partial charge in [0.1, 0.15) is 0 Å². The van der Waals surface area contributed by atoms with Crippen LogP contribution < -0.4 is 9.47 Å². The lowest BCUT2D eigenvalue weighted by molar-refractivity contribution is -0.292. The van der Waals surface area contributed by atoms with Gasteiger partial charge in [-0.25, -0.2) is 0 Å². The van der Waals surface area contributed by atoms with Crippen LogP contribution in [0.15, 0.2) is 12.1 Å². The van der Waals surface area contributed by atoms with E-state index in [2.05, 4.69) is 17.0 Å². The number of hydrogen-bond acceptors (Lipinski definition) is 5. The number of nitrogens with zero attached hydrogens (tertiary/aromatic N) is 1. The summed E-state index contributed by atoms with van der Waals surface area (Å²) in [6.45, 7) is 2.43. The van der Waals surface area contributed by atoms with Gasteiger partial charge in [-0.05, 0) is 62.1 Å². The van der Waals surface area contributed by atoms with Crippen LogP contribution in [0.25, 0.3) is 0 Å². The van der Waals surface area contributed by atoms with E-state index in [0.29, 0.717) is 12.0 Å². The zero-order valence-electron chi connectivity index (χ0n) is 17.2. The molecule has 2 bridgehead atoms. The van der Waals surface area contributed by atoms with Crippen LogP contribution in [0.1, 0.15) is 43.2 Å². The van der Waals surface area contributed by atoms with E-state index >= 15 is 0 Å². The molecule has 0 aromatic heterocycles. The van der Waals surface area contributed by atoms with Crippen molar-refractivity contribution in [3.63, 3.8) is 0 Å². The average Bonchev–Trinajstić information content (AvgIpc) is 3.47. The molecule has 2 saturated carbocycles. The maximum Gasteiger partial charge on any atom is 0.206 e. The lowest BCUT2D eigenvalue weighted by Gasteiger charge is -2.61. The van der Waals surface area contributed by atoms with Crippen LogP contribution in [0.3, 0.4) is 0 Å². The van der Waals surface area contributed by atoms with Crippen molar-refractivity contribution in [1.29, 1.82) is 0 Å². The molecule has 0 radical (unpaired) electrons. The highest BCUT2D eigenvalue weighted by Crippen LogP contribution is 2.66. The first-order valence-corrected chi connectivity index (χ1v) is 10.9. The summed E-state index contributed by atoms with van der Waals surface area (Å²) < 4.78 is 24.5. The summed E-state index contributed by atoms with van der Waals surface area (Å²) in [5.74, 6) is 2.64. The summed E-state index contributed by atoms with van der Waals surface area (Å²) in [6.07, 6.45) is 6.99. The van der Waals surface area contributed by atoms with Crippen molar-refractivity contribution in [2.24, 2.45) is 11.8 Å². The quantitative estimate of drug-likeness (QED) is 0.729. The molecule has 5 nitrogen and oxygen atoms in total. The lowest BCUT2D eigenvalue weighted by Crippen LogP contribution is -2.71. The van der Waals surface area contributed by atoms with Crippen molar-refractivity contribution in [3.05, 3.63) is 23.3 Å². The van der Waals surface area contributed by atoms with Gasteiger partial charge >= 0.3 is 0 Å². The number of ether oxygens (including phenoxy) is 4. The van der Waals surface area contributed by atoms with E-state index < -0.39 is 5.79 Å². The highest BCUT2D eigenvalue weighted by Gasteiger charge is 2.70. The minimum absolute atomic E-state index is 0.0214. The Morgan fingerprint density at radius 2 is 1.93 bits per heavy atom. The van der Waals surface area contributed by atoms with Gasteiger partial charge in [-0.2, -0.15) is 0 Å². The highest BCUT2D eigenvalue weighted by molar-refractivity contribution is 5.61. The van der Waals surface area contributed by atoms with Gasteiger partial charge in [-0.3, -0.25) is 4.90 Å². The number of methoxy groups -OCH3 is 3. The van der Waals surface area contributed by atoms with Crippen molar-refractivity contribution in [1.82, 2.24) is 4.90 Å². The Kier molecular flexibility index (Phi) is 3.68. The zero-order valence-corrected chi connectivity index (χ0v) is 17.2. The van der Waals surface area contributed by atoms with E-state index in [1.807, 2.05) is 0 Å². The highest BCUT2D eigenvalue weighted by atomic mass is 16.7. The molecule has 28 heavy (non-hydrogen) atoms. The van der Waals surface area contributed by atoms with Crippen molar-refractivity contribution < 1.29 is 18.9 Å². The Morgan fingerprint density at radius 3 is 2.64 bits per heavy atom. The first-order valence-electron chi connectivity index (χ1n) is 10.9. The Morgan fingerprint density at radius 1 is 1.11 bits per heavy atom. The number of likely N-dealkylation sites (tertiary alicyclic amines) is 1. The van der Waals surface area contributed by atoms with Crippen LogP contribution in [0.5, 0.6) is 11.5 Å². The molecule has 6 rings (SSSR count). The average molecular weight is 386 g/mol. The van der Waals surface area contributed by atoms with Crippen LogP contribution in [0.2, 0.25) is 0 Å². The molecule has 5 heteroatoms. The van der Waals surface area contributed by atoms with Gasteiger partial charge in [-0.1, -0.05) is 6.07 Å². The van der Waals surface area contributed by atoms with E-state index in [-0.39, 0.29) is 11.5 Å². The smallest absolute Gasteiger partial charge is 0.206 e. The zero-order chi connectivity index (χ0) is 19.1. The number of hydrogen-bond donors (Lipinski definition) is 0. The maximum atomic E-state index is 6.73. The number of piperidine rings is 1. The molecule has 0 unspecified atom stereocenters. The number of benzene rings is 1. The fraction of sp³-hybridized carbons (Fsp3) is 0.739. The minimum Gasteiger partial charge on any atom is -0.493 e. The van der Waals surface area contributed by atoms with E-state index in [4.69, 9.17) is 18.9 Å². The third-order valence-corrected chi connectivity index (χ3v) is 8.52. The predicted molar refractivity (Wildman–Crippen MR) is 105 cm³/mol. The van der Waals surface area contributed by atoms with Crippen LogP contribution in [0.4, 0.5) is 0 Å². The second-order valence-electron chi connectivity index (χ2n) is 9.49. The summed E-state index contributed by atoms with van der Waals surface area (Å²) in [4.78, 5) is 2.81. The molecule has 2 heterocycles. The van der Waals surface area contributed by atoms with Gasteiger partial charge in [-0.15, -0.1) is 0 Å². The first-order chi connectivity index (χ1) is 13.7. The first kappa shape index (κ1) is 17.5. The second-order valence-corrected chi connectivity index (χ2v) is 9.49. The molecule has 2 aliphatic heterocycles. The molecule has 3 fully saturated rings. The Labute approximate surface area is 167 Å². The van der Waals surface area contributed by atoms with Gasteiger partial charge in [0.15, 0.2) is 17.6 Å². The molecule has 1 saturated heterocycles. The Hall–Kier alpha value is -1.30. The monoisotopic (exact) mass is 385 g/mol. The van der Waals surface area contributed by atoms with E-state index in [0.717, 1.165) is 49.6 Å². The van der Waals surface area contributed by atoms with Crippen molar-refractivity contribution in [2.75, 3.05) is 34.4 Å². The molecule has 1 aromatic carbocycles. The van der Waals surface area contributed by atoms with Gasteiger partial charge in [0.05, 0.1) is 7.11 Å². The Bertz CT molecular complexity index is 802. The molecule has 1 aromatic rings. The summed E-state index contributed by atoms with van der Waals surface area (Å²) in [7, 11) is 5.28. The van der Waals surface area contributed by atoms with Gasteiger partial charge in [0, 0.05) is 44.2 Å². The summed E-state index contributed by atoms with van der Waals surface area (Å²) in [5.41, 5.74) is 2.83. The van der Waals surface area contributed by atoms with Crippen molar-refractivity contribution >= 4 is 0 Å². The molecule has 5 aliphatic rings. The SMILES string of the molecule is COc1ccc2c3c1O[C@H]1C(OC)(OC)CC[C@H]4[C@@H](C2)N(CC2CC2)CC[C@@]341. The summed E-state index contributed by atoms with van der Waals surface area (Å²) in [5, 5.41) is 0. The van der Waals surface area contributed by atoms with Gasteiger partial charge in [0.25, 0.3) is 0 Å². The lowest BCUT2D eigenvalue weighted by atomic mass is 9.50. The molecule has 0 amide bonds. The molecule has 3 aliphatic carbocycles. The molecule has 1 spiro atoms. The standard InChI is InChI=1S/C23H31NO4/c1-25-18-7-6-15-12-17-16-8-9-23(26-2,27-3)21-22(16,19(15)20(18)28-21)10-11-24(17)13-14-4-5-14/h6-7,14,16-17,21H,4-5,8-13H2,1-3H3/t16-,17+,21+,22-/m0/s1. The van der Waals surface area contributed by atoms with Crippen LogP contribution in [-0.4, -0.2) is 57.3 Å². The third-order valence-electron chi connectivity index (χ3n) is 8.52. The van der Waals surface area contributed by atoms with Gasteiger partial charge < -0.3 is 18.9 Å². The van der Waals surface area contributed by atoms with Crippen LogP contribution in [-0.2, 0) is 21.3 Å². The molecular formula is C23H31NO4. The summed E-state index contributed by atoms with van der Waals surface area (Å²) in [6, 6.07) is 4.98. The topological polar surface area (TPSA) is 40.2 Å². The van der Waals surface area contributed by atoms with Crippen LogP contribution >= 0.6 is 0 Å². The maximum absolute atomic E-state index is 6.73. The normalized spacial score (nSPS) is 37.3. The number of rotatable bonds is 5. The fourth-order valence-electron chi connectivity index (χ4n) is 7.11. The van der Waals surface area contributed by atoms with E-state index in [1.54, 1.807) is 21.3 Å². The molecule has 152 valence electrons. The molecular weight excluding hydrogens is 354 g/mol. The van der Waals surface area contributed by atoms with Crippen molar-refractivity contribution in [3.8, 4) is 11.5 Å². The van der Waals surface area contributed by atoms with Crippen LogP contribution in [0, 0.1) is 11.8 Å².